The molecule has 3 nitrogen and oxygen atoms in total. The van der Waals surface area contributed by atoms with Gasteiger partial charge in [-0.3, -0.25) is 4.21 Å². The van der Waals surface area contributed by atoms with Gasteiger partial charge in [-0.2, -0.15) is 0 Å². The summed E-state index contributed by atoms with van der Waals surface area (Å²) in [6, 6.07) is 0.465. The maximum Gasteiger partial charge on any atom is 0.0691 e. The lowest BCUT2D eigenvalue weighted by atomic mass is 10.2. The molecule has 4 unspecified atom stereocenters. The maximum absolute atomic E-state index is 12.2. The molecule has 0 bridgehead atoms. The van der Waals surface area contributed by atoms with Gasteiger partial charge < -0.3 is 10.1 Å². The molecule has 1 saturated heterocycles. The van der Waals surface area contributed by atoms with Gasteiger partial charge in [0.15, 0.2) is 0 Å². The Morgan fingerprint density at radius 1 is 1.33 bits per heavy atom. The van der Waals surface area contributed by atoms with Crippen LogP contribution in [-0.4, -0.2) is 41.0 Å². The molecular weight excluding hydrogens is 210 g/mol. The molecule has 2 fully saturated rings. The van der Waals surface area contributed by atoms with Crippen molar-refractivity contribution in [2.24, 2.45) is 0 Å². The van der Waals surface area contributed by atoms with Crippen molar-refractivity contribution in [3.63, 3.8) is 0 Å². The van der Waals surface area contributed by atoms with Gasteiger partial charge in [0.1, 0.15) is 0 Å². The van der Waals surface area contributed by atoms with Crippen LogP contribution in [0.5, 0.6) is 0 Å². The van der Waals surface area contributed by atoms with E-state index in [0.29, 0.717) is 11.3 Å². The molecule has 15 heavy (non-hydrogen) atoms. The van der Waals surface area contributed by atoms with E-state index in [1.54, 1.807) is 0 Å². The van der Waals surface area contributed by atoms with Gasteiger partial charge in [-0.1, -0.05) is 6.42 Å². The van der Waals surface area contributed by atoms with Crippen molar-refractivity contribution in [1.29, 1.82) is 0 Å². The zero-order valence-corrected chi connectivity index (χ0v) is 10.2. The molecule has 2 rings (SSSR count). The van der Waals surface area contributed by atoms with E-state index in [2.05, 4.69) is 5.32 Å². The third-order valence-corrected chi connectivity index (χ3v) is 5.48. The van der Waals surface area contributed by atoms with Crippen LogP contribution in [0, 0.1) is 0 Å². The summed E-state index contributed by atoms with van der Waals surface area (Å²) in [6.07, 6.45) is 6.02. The van der Waals surface area contributed by atoms with Gasteiger partial charge in [-0.05, 0) is 32.7 Å². The molecule has 1 saturated carbocycles. The Bertz CT molecular complexity index is 229. The first-order valence-electron chi connectivity index (χ1n) is 5.97. The second kappa shape index (κ2) is 5.41. The van der Waals surface area contributed by atoms with Gasteiger partial charge in [-0.25, -0.2) is 0 Å². The summed E-state index contributed by atoms with van der Waals surface area (Å²) >= 11 is 0. The average molecular weight is 231 g/mol. The lowest BCUT2D eigenvalue weighted by molar-refractivity contribution is 0.128. The van der Waals surface area contributed by atoms with E-state index in [0.717, 1.165) is 31.6 Å². The van der Waals surface area contributed by atoms with Crippen molar-refractivity contribution in [1.82, 2.24) is 5.32 Å². The Morgan fingerprint density at radius 2 is 2.20 bits per heavy atom. The van der Waals surface area contributed by atoms with Crippen molar-refractivity contribution >= 4 is 10.8 Å². The van der Waals surface area contributed by atoms with E-state index in [-0.39, 0.29) is 6.10 Å². The van der Waals surface area contributed by atoms with Crippen molar-refractivity contribution in [3.8, 4) is 0 Å². The van der Waals surface area contributed by atoms with Crippen LogP contribution in [0.2, 0.25) is 0 Å². The highest BCUT2D eigenvalue weighted by Crippen LogP contribution is 2.25. The van der Waals surface area contributed by atoms with Crippen molar-refractivity contribution < 1.29 is 8.95 Å². The molecule has 0 aromatic heterocycles. The summed E-state index contributed by atoms with van der Waals surface area (Å²) in [5, 5.41) is 3.65. The molecule has 1 aliphatic carbocycles. The van der Waals surface area contributed by atoms with Crippen molar-refractivity contribution in [2.75, 3.05) is 19.4 Å². The lowest BCUT2D eigenvalue weighted by Crippen LogP contribution is -2.38. The molecule has 1 N–H and O–H groups in total. The first-order chi connectivity index (χ1) is 7.31. The Balaban J connectivity index is 1.83. The fourth-order valence-electron chi connectivity index (χ4n) is 2.65. The Labute approximate surface area is 94.4 Å². The van der Waals surface area contributed by atoms with Gasteiger partial charge in [0, 0.05) is 23.4 Å². The molecule has 0 spiro atoms. The average Bonchev–Trinajstić information content (AvgIpc) is 2.86. The number of ether oxygens (including phenoxy) is 1. The van der Waals surface area contributed by atoms with Crippen LogP contribution in [0.25, 0.3) is 0 Å². The van der Waals surface area contributed by atoms with Crippen molar-refractivity contribution in [3.05, 3.63) is 0 Å². The quantitative estimate of drug-likeness (QED) is 0.786. The summed E-state index contributed by atoms with van der Waals surface area (Å²) in [4.78, 5) is 0. The van der Waals surface area contributed by atoms with Gasteiger partial charge in [0.25, 0.3) is 0 Å². The second-order valence-corrected chi connectivity index (χ2v) is 6.25. The van der Waals surface area contributed by atoms with E-state index in [4.69, 9.17) is 4.74 Å². The zero-order chi connectivity index (χ0) is 10.7. The molecule has 88 valence electrons. The second-order valence-electron chi connectivity index (χ2n) is 4.55. The zero-order valence-electron chi connectivity index (χ0n) is 9.41. The minimum Gasteiger partial charge on any atom is -0.377 e. The fraction of sp³-hybridized carbons (Fsp3) is 1.00. The summed E-state index contributed by atoms with van der Waals surface area (Å²) in [5.41, 5.74) is 0. The molecule has 2 aliphatic rings. The summed E-state index contributed by atoms with van der Waals surface area (Å²) in [7, 11) is 1.28. The molecule has 4 heteroatoms. The van der Waals surface area contributed by atoms with Crippen LogP contribution in [0.1, 0.15) is 32.1 Å². The van der Waals surface area contributed by atoms with Crippen LogP contribution in [0.15, 0.2) is 0 Å². The highest BCUT2D eigenvalue weighted by atomic mass is 32.2. The highest BCUT2D eigenvalue weighted by Gasteiger charge is 2.32. The largest absolute Gasteiger partial charge is 0.377 e. The van der Waals surface area contributed by atoms with Gasteiger partial charge in [0.05, 0.1) is 17.1 Å². The van der Waals surface area contributed by atoms with Crippen LogP contribution in [0.3, 0.4) is 0 Å². The topological polar surface area (TPSA) is 38.3 Å². The summed E-state index contributed by atoms with van der Waals surface area (Å²) in [5.74, 6) is 0.753. The first-order valence-corrected chi connectivity index (χ1v) is 7.35. The number of hydrogen-bond acceptors (Lipinski definition) is 3. The SMILES string of the molecule is CNC1CCCC1S(=O)CC1CCCO1. The molecule has 0 aromatic carbocycles. The minimum absolute atomic E-state index is 0.268. The molecule has 0 amide bonds. The van der Waals surface area contributed by atoms with E-state index in [9.17, 15) is 4.21 Å². The van der Waals surface area contributed by atoms with Crippen LogP contribution < -0.4 is 5.32 Å². The van der Waals surface area contributed by atoms with Crippen LogP contribution in [-0.2, 0) is 15.5 Å². The normalized spacial score (nSPS) is 38.3. The molecule has 0 radical (unpaired) electrons. The first kappa shape index (κ1) is 11.6. The van der Waals surface area contributed by atoms with E-state index in [1.807, 2.05) is 7.05 Å². The van der Waals surface area contributed by atoms with Crippen LogP contribution >= 0.6 is 0 Å². The van der Waals surface area contributed by atoms with Crippen molar-refractivity contribution in [2.45, 2.75) is 49.5 Å². The molecule has 0 aromatic rings. The van der Waals surface area contributed by atoms with Gasteiger partial charge in [0.2, 0.25) is 0 Å². The van der Waals surface area contributed by atoms with Crippen LogP contribution in [0.4, 0.5) is 0 Å². The predicted octanol–water partition coefficient (Wildman–Crippen LogP) is 1.05. The third kappa shape index (κ3) is 2.80. The van der Waals surface area contributed by atoms with E-state index >= 15 is 0 Å². The predicted molar refractivity (Wildman–Crippen MR) is 62.5 cm³/mol. The number of hydrogen-bond donors (Lipinski definition) is 1. The summed E-state index contributed by atoms with van der Waals surface area (Å²) < 4.78 is 17.7. The minimum atomic E-state index is -0.703. The Morgan fingerprint density at radius 3 is 2.87 bits per heavy atom. The lowest BCUT2D eigenvalue weighted by Gasteiger charge is -2.20. The van der Waals surface area contributed by atoms with E-state index < -0.39 is 10.8 Å². The van der Waals surface area contributed by atoms with Gasteiger partial charge in [-0.15, -0.1) is 0 Å². The Hall–Kier alpha value is 0.0700. The van der Waals surface area contributed by atoms with E-state index in [1.165, 1.54) is 12.8 Å². The molecule has 1 heterocycles. The number of nitrogens with one attached hydrogen (secondary N) is 1. The molecule has 4 atom stereocenters. The molecular formula is C11H21NO2S. The van der Waals surface area contributed by atoms with Gasteiger partial charge >= 0.3 is 0 Å². The number of rotatable bonds is 4. The highest BCUT2D eigenvalue weighted by molar-refractivity contribution is 7.85. The fourth-order valence-corrected chi connectivity index (χ4v) is 4.60. The standard InChI is InChI=1S/C11H21NO2S/c1-12-10-5-2-6-11(10)15(13)8-9-4-3-7-14-9/h9-12H,2-8H2,1H3. The smallest absolute Gasteiger partial charge is 0.0691 e. The summed E-state index contributed by atoms with van der Waals surface area (Å²) in [6.45, 7) is 0.863. The monoisotopic (exact) mass is 231 g/mol. The maximum atomic E-state index is 12.2. The third-order valence-electron chi connectivity index (χ3n) is 3.54. The molecule has 1 aliphatic heterocycles. The Kier molecular flexibility index (Phi) is 4.17.